The Kier molecular flexibility index (Phi) is 7.86. The first-order chi connectivity index (χ1) is 13.3. The van der Waals surface area contributed by atoms with Crippen LogP contribution in [-0.2, 0) is 15.4 Å². The molecule has 0 bridgehead atoms. The summed E-state index contributed by atoms with van der Waals surface area (Å²) in [6, 6.07) is 4.56. The van der Waals surface area contributed by atoms with Gasteiger partial charge in [-0.05, 0) is 63.5 Å². The van der Waals surface area contributed by atoms with E-state index in [2.05, 4.69) is 20.8 Å². The molecule has 0 fully saturated rings. The van der Waals surface area contributed by atoms with E-state index < -0.39 is 37.8 Å². The molecule has 1 aromatic carbocycles. The number of nitrogens with zero attached hydrogens (tertiary/aromatic N) is 1. The van der Waals surface area contributed by atoms with E-state index in [0.717, 1.165) is 12.1 Å². The molecule has 0 unspecified atom stereocenters. The fourth-order valence-electron chi connectivity index (χ4n) is 2.43. The van der Waals surface area contributed by atoms with Crippen molar-refractivity contribution < 1.29 is 27.2 Å². The topological polar surface area (TPSA) is 38.8 Å². The molecule has 30 heavy (non-hydrogen) atoms. The molecule has 0 aliphatic carbocycles. The van der Waals surface area contributed by atoms with Crippen molar-refractivity contribution in [2.24, 2.45) is 0 Å². The second kappa shape index (κ2) is 8.90. The highest BCUT2D eigenvalue weighted by Crippen LogP contribution is 2.39. The van der Waals surface area contributed by atoms with Crippen LogP contribution in [0.3, 0.4) is 0 Å². The molecule has 0 heterocycles. The summed E-state index contributed by atoms with van der Waals surface area (Å²) < 4.78 is 50.5. The molecule has 4 nitrogen and oxygen atoms in total. The van der Waals surface area contributed by atoms with Crippen molar-refractivity contribution in [1.29, 1.82) is 0 Å². The predicted molar refractivity (Wildman–Crippen MR) is 116 cm³/mol. The highest BCUT2D eigenvalue weighted by Gasteiger charge is 2.43. The van der Waals surface area contributed by atoms with Gasteiger partial charge in [0, 0.05) is 5.92 Å². The van der Waals surface area contributed by atoms with E-state index in [1.807, 2.05) is 26.9 Å². The van der Waals surface area contributed by atoms with Crippen LogP contribution in [-0.4, -0.2) is 31.1 Å². The molecule has 0 aliphatic rings. The zero-order chi connectivity index (χ0) is 23.7. The molecule has 1 amide bonds. The Morgan fingerprint density at radius 3 is 1.80 bits per heavy atom. The summed E-state index contributed by atoms with van der Waals surface area (Å²) in [6.45, 7) is 19.3. The third kappa shape index (κ3) is 7.01. The smallest absolute Gasteiger partial charge is 0.433 e. The first-order valence-electron chi connectivity index (χ1n) is 10.1. The lowest BCUT2D eigenvalue weighted by Gasteiger charge is -2.43. The third-order valence-corrected chi connectivity index (χ3v) is 9.83. The Bertz CT molecular complexity index is 719. The normalized spacial score (nSPS) is 15.5. The number of alkyl halides is 3. The molecule has 1 rings (SSSR count). The second-order valence-electron chi connectivity index (χ2n) is 10.3. The monoisotopic (exact) mass is 447 g/mol. The fraction of sp³-hybridized carbons (Fsp3) is 0.682. The fourth-order valence-corrected chi connectivity index (χ4v) is 3.44. The van der Waals surface area contributed by atoms with Crippen LogP contribution in [0.25, 0.3) is 0 Å². The van der Waals surface area contributed by atoms with E-state index in [4.69, 9.17) is 9.26 Å². The second-order valence-corrected chi connectivity index (χ2v) is 15.0. The minimum absolute atomic E-state index is 0.148. The van der Waals surface area contributed by atoms with Crippen molar-refractivity contribution in [3.63, 3.8) is 0 Å². The number of rotatable bonds is 5. The maximum Gasteiger partial charge on any atom is 0.433 e. The number of carbonyl (C=O) groups excluding carboxylic acids is 1. The van der Waals surface area contributed by atoms with E-state index in [1.54, 1.807) is 20.8 Å². The lowest BCUT2D eigenvalue weighted by Crippen LogP contribution is -2.53. The van der Waals surface area contributed by atoms with E-state index >= 15 is 0 Å². The largest absolute Gasteiger partial charge is 0.442 e. The number of amides is 1. The minimum Gasteiger partial charge on any atom is -0.442 e. The van der Waals surface area contributed by atoms with Crippen LogP contribution in [0.1, 0.15) is 72.4 Å². The molecule has 8 heteroatoms. The molecular formula is C22H36F3NO3Si. The number of hydrogen-bond donors (Lipinski definition) is 0. The Morgan fingerprint density at radius 2 is 1.43 bits per heavy atom. The lowest BCUT2D eigenvalue weighted by molar-refractivity contribution is -0.137. The van der Waals surface area contributed by atoms with Gasteiger partial charge < -0.3 is 9.26 Å². The average molecular weight is 448 g/mol. The molecule has 0 N–H and O–H groups in total. The average Bonchev–Trinajstić information content (AvgIpc) is 2.55. The number of hydroxylamine groups is 2. The van der Waals surface area contributed by atoms with E-state index in [9.17, 15) is 18.0 Å². The summed E-state index contributed by atoms with van der Waals surface area (Å²) in [5, 5.41) is 1.13. The molecule has 0 radical (unpaired) electrons. The van der Waals surface area contributed by atoms with Crippen molar-refractivity contribution in [3.8, 4) is 0 Å². The highest BCUT2D eigenvalue weighted by molar-refractivity contribution is 6.74. The third-order valence-electron chi connectivity index (χ3n) is 5.56. The predicted octanol–water partition coefficient (Wildman–Crippen LogP) is 7.37. The maximum atomic E-state index is 13.0. The summed E-state index contributed by atoms with van der Waals surface area (Å²) in [4.78, 5) is 13.0. The van der Waals surface area contributed by atoms with Gasteiger partial charge in [-0.1, -0.05) is 39.8 Å². The minimum atomic E-state index is -4.39. The van der Waals surface area contributed by atoms with E-state index in [-0.39, 0.29) is 11.0 Å². The molecule has 0 saturated heterocycles. The molecule has 0 spiro atoms. The zero-order valence-corrected chi connectivity index (χ0v) is 20.8. The van der Waals surface area contributed by atoms with Gasteiger partial charge in [-0.2, -0.15) is 18.2 Å². The van der Waals surface area contributed by atoms with E-state index in [1.165, 1.54) is 17.2 Å². The van der Waals surface area contributed by atoms with Gasteiger partial charge in [0.1, 0.15) is 5.60 Å². The van der Waals surface area contributed by atoms with E-state index in [0.29, 0.717) is 5.56 Å². The van der Waals surface area contributed by atoms with Gasteiger partial charge in [0.05, 0.1) is 11.6 Å². The van der Waals surface area contributed by atoms with Crippen molar-refractivity contribution in [1.82, 2.24) is 5.06 Å². The Balaban J connectivity index is 3.23. The molecular weight excluding hydrogens is 411 g/mol. The van der Waals surface area contributed by atoms with Crippen LogP contribution < -0.4 is 0 Å². The first-order valence-corrected chi connectivity index (χ1v) is 13.1. The molecule has 0 saturated carbocycles. The van der Waals surface area contributed by atoms with Crippen LogP contribution in [0.2, 0.25) is 18.1 Å². The Morgan fingerprint density at radius 1 is 0.967 bits per heavy atom. The van der Waals surface area contributed by atoms with Crippen LogP contribution in [0, 0.1) is 0 Å². The van der Waals surface area contributed by atoms with Gasteiger partial charge in [-0.3, -0.25) is 0 Å². The number of ether oxygens (including phenoxy) is 1. The van der Waals surface area contributed by atoms with Crippen molar-refractivity contribution in [2.75, 3.05) is 0 Å². The quantitative estimate of drug-likeness (QED) is 0.349. The van der Waals surface area contributed by atoms with Crippen molar-refractivity contribution in [3.05, 3.63) is 35.4 Å². The van der Waals surface area contributed by atoms with Gasteiger partial charge in [0.25, 0.3) is 0 Å². The zero-order valence-electron chi connectivity index (χ0n) is 19.8. The van der Waals surface area contributed by atoms with Gasteiger partial charge in [-0.15, -0.1) is 0 Å². The van der Waals surface area contributed by atoms with Gasteiger partial charge in [0.15, 0.2) is 0 Å². The van der Waals surface area contributed by atoms with Gasteiger partial charge in [0.2, 0.25) is 8.32 Å². The maximum absolute atomic E-state index is 13.0. The van der Waals surface area contributed by atoms with Crippen LogP contribution >= 0.6 is 0 Å². The molecule has 1 aromatic rings. The van der Waals surface area contributed by atoms with Crippen LogP contribution in [0.5, 0.6) is 0 Å². The van der Waals surface area contributed by atoms with Crippen LogP contribution in [0.4, 0.5) is 18.0 Å². The van der Waals surface area contributed by atoms with Crippen molar-refractivity contribution in [2.45, 2.75) is 97.3 Å². The molecule has 2 atom stereocenters. The number of halogens is 3. The summed E-state index contributed by atoms with van der Waals surface area (Å²) in [5.74, 6) is -0.274. The molecule has 172 valence electrons. The summed E-state index contributed by atoms with van der Waals surface area (Å²) >= 11 is 0. The highest BCUT2D eigenvalue weighted by atomic mass is 28.4. The number of benzene rings is 1. The van der Waals surface area contributed by atoms with Crippen LogP contribution in [0.15, 0.2) is 24.3 Å². The summed E-state index contributed by atoms with van der Waals surface area (Å²) in [5.41, 5.74) is -0.723. The number of hydrogen-bond acceptors (Lipinski definition) is 3. The Hall–Kier alpha value is -1.54. The number of carbonyl (C=O) groups is 1. The SMILES string of the molecule is C[C@@H](c1ccc(C(F)(F)F)cc1)[C@H](C)N(O[Si](C)(C)C(C)(C)C)C(=O)OC(C)(C)C. The summed E-state index contributed by atoms with van der Waals surface area (Å²) in [6.07, 6.45) is -4.99. The summed E-state index contributed by atoms with van der Waals surface area (Å²) in [7, 11) is -2.37. The van der Waals surface area contributed by atoms with Gasteiger partial charge in [-0.25, -0.2) is 4.79 Å². The lowest BCUT2D eigenvalue weighted by atomic mass is 9.93. The Labute approximate surface area is 179 Å². The van der Waals surface area contributed by atoms with Gasteiger partial charge >= 0.3 is 12.3 Å². The van der Waals surface area contributed by atoms with Crippen molar-refractivity contribution >= 4 is 14.4 Å². The molecule has 0 aliphatic heterocycles. The molecule has 0 aromatic heterocycles. The standard InChI is InChI=1S/C22H36F3NO3Si/c1-15(17-11-13-18(14-12-17)22(23,24)25)16(2)26(19(27)28-20(3,4)5)29-30(9,10)21(6,7)8/h11-16H,1-10H3/t15-,16+/m1/s1. The first kappa shape index (κ1) is 26.5.